The van der Waals surface area contributed by atoms with E-state index in [4.69, 9.17) is 31.6 Å². The van der Waals surface area contributed by atoms with Crippen LogP contribution in [0.2, 0.25) is 5.02 Å². The molecule has 0 atom stereocenters. The minimum absolute atomic E-state index is 0.0206. The fourth-order valence-corrected chi connectivity index (χ4v) is 2.11. The van der Waals surface area contributed by atoms with Gasteiger partial charge in [-0.3, -0.25) is 0 Å². The number of hydrogen-bond acceptors (Lipinski definition) is 4. The largest absolute Gasteiger partial charge is 0.493 e. The van der Waals surface area contributed by atoms with Crippen molar-refractivity contribution in [3.8, 4) is 23.6 Å². The Balaban J connectivity index is 2.27. The number of halogens is 1. The van der Waals surface area contributed by atoms with Gasteiger partial charge in [-0.25, -0.2) is 0 Å². The van der Waals surface area contributed by atoms with Gasteiger partial charge in [0.1, 0.15) is 24.3 Å². The van der Waals surface area contributed by atoms with Crippen LogP contribution in [0.15, 0.2) is 48.0 Å². The Bertz CT molecular complexity index is 801. The summed E-state index contributed by atoms with van der Waals surface area (Å²) in [6.07, 6.45) is 1.49. The first-order chi connectivity index (χ1) is 11.2. The van der Waals surface area contributed by atoms with Gasteiger partial charge < -0.3 is 9.47 Å². The van der Waals surface area contributed by atoms with Crippen LogP contribution >= 0.6 is 11.6 Å². The Morgan fingerprint density at radius 2 is 1.87 bits per heavy atom. The van der Waals surface area contributed by atoms with Crippen molar-refractivity contribution in [2.45, 2.75) is 6.61 Å². The summed E-state index contributed by atoms with van der Waals surface area (Å²) in [5, 5.41) is 18.3. The maximum atomic E-state index is 8.83. The van der Waals surface area contributed by atoms with E-state index in [1.54, 1.807) is 31.4 Å². The summed E-state index contributed by atoms with van der Waals surface area (Å²) < 4.78 is 11.0. The van der Waals surface area contributed by atoms with E-state index in [1.807, 2.05) is 30.3 Å². The van der Waals surface area contributed by atoms with Crippen LogP contribution in [0.5, 0.6) is 11.5 Å². The van der Waals surface area contributed by atoms with Crippen molar-refractivity contribution in [2.24, 2.45) is 0 Å². The van der Waals surface area contributed by atoms with Gasteiger partial charge in [-0.1, -0.05) is 35.9 Å². The zero-order valence-corrected chi connectivity index (χ0v) is 13.2. The second-order valence-corrected chi connectivity index (χ2v) is 4.98. The normalized spacial score (nSPS) is 9.39. The molecule has 0 bridgehead atoms. The lowest BCUT2D eigenvalue weighted by Crippen LogP contribution is -1.98. The first kappa shape index (κ1) is 16.4. The summed E-state index contributed by atoms with van der Waals surface area (Å²) in [7, 11) is 1.54. The fraction of sp³-hybridized carbons (Fsp3) is 0.111. The molecule has 0 heterocycles. The number of allylic oxidation sites excluding steroid dienone is 1. The molecule has 4 nitrogen and oxygen atoms in total. The molecule has 0 aromatic heterocycles. The topological polar surface area (TPSA) is 66.0 Å². The predicted octanol–water partition coefficient (Wildman–Crippen LogP) is 4.36. The minimum atomic E-state index is 0.0206. The first-order valence-electron chi connectivity index (χ1n) is 6.74. The highest BCUT2D eigenvalue weighted by molar-refractivity contribution is 6.31. The number of benzene rings is 2. The van der Waals surface area contributed by atoms with Gasteiger partial charge >= 0.3 is 0 Å². The number of nitriles is 2. The highest BCUT2D eigenvalue weighted by atomic mass is 35.5. The molecule has 0 radical (unpaired) electrons. The van der Waals surface area contributed by atoms with Crippen LogP contribution in [-0.2, 0) is 6.61 Å². The molecule has 0 amide bonds. The molecule has 0 aliphatic rings. The Hall–Kier alpha value is -2.95. The van der Waals surface area contributed by atoms with Gasteiger partial charge in [0.15, 0.2) is 11.5 Å². The number of ether oxygens (including phenoxy) is 2. The molecule has 2 aromatic carbocycles. The summed E-state index contributed by atoms with van der Waals surface area (Å²) in [6.45, 7) is 0.284. The van der Waals surface area contributed by atoms with Crippen LogP contribution in [0.4, 0.5) is 0 Å². The third-order valence-corrected chi connectivity index (χ3v) is 3.45. The van der Waals surface area contributed by atoms with E-state index in [-0.39, 0.29) is 12.2 Å². The number of methoxy groups -OCH3 is 1. The molecule has 0 fully saturated rings. The highest BCUT2D eigenvalue weighted by Gasteiger charge is 2.07. The molecular weight excluding hydrogens is 312 g/mol. The van der Waals surface area contributed by atoms with Crippen LogP contribution < -0.4 is 9.47 Å². The average Bonchev–Trinajstić information content (AvgIpc) is 2.59. The second-order valence-electron chi connectivity index (χ2n) is 4.57. The zero-order chi connectivity index (χ0) is 16.7. The van der Waals surface area contributed by atoms with Crippen LogP contribution in [0.25, 0.3) is 6.08 Å². The molecule has 0 saturated heterocycles. The summed E-state index contributed by atoms with van der Waals surface area (Å²) >= 11 is 6.11. The van der Waals surface area contributed by atoms with Gasteiger partial charge in [-0.15, -0.1) is 0 Å². The standard InChI is InChI=1S/C18H13ClN2O2/c1-22-17-7-6-13(8-14(10-20)11-21)9-18(17)23-12-15-4-2-3-5-16(15)19/h2-9H,12H2,1H3. The molecule has 0 aliphatic heterocycles. The van der Waals surface area contributed by atoms with E-state index in [0.29, 0.717) is 22.1 Å². The average molecular weight is 325 g/mol. The van der Waals surface area contributed by atoms with Gasteiger partial charge in [0, 0.05) is 10.6 Å². The lowest BCUT2D eigenvalue weighted by molar-refractivity contribution is 0.284. The van der Waals surface area contributed by atoms with Crippen molar-refractivity contribution in [3.63, 3.8) is 0 Å². The lowest BCUT2D eigenvalue weighted by atomic mass is 10.1. The Kier molecular flexibility index (Phi) is 5.63. The van der Waals surface area contributed by atoms with Gasteiger partial charge in [-0.05, 0) is 29.8 Å². The van der Waals surface area contributed by atoms with Gasteiger partial charge in [0.25, 0.3) is 0 Å². The molecule has 0 N–H and O–H groups in total. The van der Waals surface area contributed by atoms with Crippen LogP contribution in [0.3, 0.4) is 0 Å². The minimum Gasteiger partial charge on any atom is -0.493 e. The van der Waals surface area contributed by atoms with E-state index in [1.165, 1.54) is 6.08 Å². The predicted molar refractivity (Wildman–Crippen MR) is 88.0 cm³/mol. The van der Waals surface area contributed by atoms with Gasteiger partial charge in [0.2, 0.25) is 0 Å². The zero-order valence-electron chi connectivity index (χ0n) is 12.4. The molecule has 0 aliphatic carbocycles. The molecule has 0 saturated carbocycles. The van der Waals surface area contributed by atoms with Crippen molar-refractivity contribution in [1.29, 1.82) is 10.5 Å². The smallest absolute Gasteiger partial charge is 0.162 e. The molecule has 0 spiro atoms. The van der Waals surface area contributed by atoms with Crippen molar-refractivity contribution in [3.05, 3.63) is 64.2 Å². The van der Waals surface area contributed by atoms with Crippen LogP contribution in [0.1, 0.15) is 11.1 Å². The van der Waals surface area contributed by atoms with Crippen LogP contribution in [0, 0.1) is 22.7 Å². The van der Waals surface area contributed by atoms with E-state index in [0.717, 1.165) is 5.56 Å². The van der Waals surface area contributed by atoms with E-state index in [2.05, 4.69) is 0 Å². The third kappa shape index (κ3) is 4.26. The fourth-order valence-electron chi connectivity index (χ4n) is 1.92. The Morgan fingerprint density at radius 3 is 2.52 bits per heavy atom. The molecule has 2 rings (SSSR count). The van der Waals surface area contributed by atoms with E-state index < -0.39 is 0 Å². The Labute approximate surface area is 139 Å². The van der Waals surface area contributed by atoms with E-state index in [9.17, 15) is 0 Å². The number of hydrogen-bond donors (Lipinski definition) is 0. The molecule has 114 valence electrons. The lowest BCUT2D eigenvalue weighted by Gasteiger charge is -2.12. The number of rotatable bonds is 5. The Morgan fingerprint density at radius 1 is 1.13 bits per heavy atom. The van der Waals surface area contributed by atoms with Crippen molar-refractivity contribution >= 4 is 17.7 Å². The monoisotopic (exact) mass is 324 g/mol. The summed E-state index contributed by atoms with van der Waals surface area (Å²) in [4.78, 5) is 0. The molecule has 23 heavy (non-hydrogen) atoms. The molecular formula is C18H13ClN2O2. The summed E-state index contributed by atoms with van der Waals surface area (Å²) in [5.74, 6) is 1.07. The molecule has 0 unspecified atom stereocenters. The maximum Gasteiger partial charge on any atom is 0.162 e. The summed E-state index contributed by atoms with van der Waals surface area (Å²) in [5.41, 5.74) is 1.55. The molecule has 5 heteroatoms. The first-order valence-corrected chi connectivity index (χ1v) is 7.12. The van der Waals surface area contributed by atoms with Crippen molar-refractivity contribution < 1.29 is 9.47 Å². The quantitative estimate of drug-likeness (QED) is 0.766. The summed E-state index contributed by atoms with van der Waals surface area (Å²) in [6, 6.07) is 16.2. The molecule has 2 aromatic rings. The second kappa shape index (κ2) is 7.89. The highest BCUT2D eigenvalue weighted by Crippen LogP contribution is 2.30. The van der Waals surface area contributed by atoms with Crippen LogP contribution in [-0.4, -0.2) is 7.11 Å². The SMILES string of the molecule is COc1ccc(C=C(C#N)C#N)cc1OCc1ccccc1Cl. The van der Waals surface area contributed by atoms with E-state index >= 15 is 0 Å². The van der Waals surface area contributed by atoms with Crippen molar-refractivity contribution in [2.75, 3.05) is 7.11 Å². The van der Waals surface area contributed by atoms with Gasteiger partial charge in [0.05, 0.1) is 7.11 Å². The number of nitrogens with zero attached hydrogens (tertiary/aromatic N) is 2. The van der Waals surface area contributed by atoms with Gasteiger partial charge in [-0.2, -0.15) is 10.5 Å². The third-order valence-electron chi connectivity index (χ3n) is 3.08. The van der Waals surface area contributed by atoms with Crippen molar-refractivity contribution in [1.82, 2.24) is 0 Å². The maximum absolute atomic E-state index is 8.83.